The van der Waals surface area contributed by atoms with Crippen molar-refractivity contribution < 1.29 is 9.50 Å². The van der Waals surface area contributed by atoms with Crippen LogP contribution in [0, 0.1) is 5.82 Å². The van der Waals surface area contributed by atoms with E-state index in [1.165, 1.54) is 12.1 Å². The standard InChI is InChI=1S/C11H15FN2OS/c1-2-3-6-13-11(16)14-8-4-5-10(15)9(12)7-8/h4-5,7,15H,2-3,6H2,1H3,(H2,13,14,16). The number of rotatable bonds is 4. The molecular formula is C11H15FN2OS. The van der Waals surface area contributed by atoms with Crippen molar-refractivity contribution in [2.24, 2.45) is 0 Å². The topological polar surface area (TPSA) is 44.3 Å². The van der Waals surface area contributed by atoms with Crippen LogP contribution >= 0.6 is 12.2 Å². The summed E-state index contributed by atoms with van der Waals surface area (Å²) in [5.74, 6) is -1.03. The lowest BCUT2D eigenvalue weighted by molar-refractivity contribution is 0.432. The molecule has 0 aliphatic carbocycles. The van der Waals surface area contributed by atoms with E-state index in [4.69, 9.17) is 17.3 Å². The molecule has 1 aromatic carbocycles. The zero-order valence-electron chi connectivity index (χ0n) is 9.09. The first-order valence-corrected chi connectivity index (χ1v) is 5.57. The molecule has 0 spiro atoms. The van der Waals surface area contributed by atoms with Crippen LogP contribution in [0.2, 0.25) is 0 Å². The Morgan fingerprint density at radius 1 is 1.50 bits per heavy atom. The highest BCUT2D eigenvalue weighted by Crippen LogP contribution is 2.19. The summed E-state index contributed by atoms with van der Waals surface area (Å²) in [6.07, 6.45) is 2.12. The normalized spacial score (nSPS) is 9.88. The van der Waals surface area contributed by atoms with Gasteiger partial charge in [0.15, 0.2) is 16.7 Å². The Morgan fingerprint density at radius 2 is 2.25 bits per heavy atom. The molecule has 0 atom stereocenters. The van der Waals surface area contributed by atoms with Gasteiger partial charge < -0.3 is 15.7 Å². The van der Waals surface area contributed by atoms with Crippen LogP contribution in [0.3, 0.4) is 0 Å². The van der Waals surface area contributed by atoms with Gasteiger partial charge in [-0.1, -0.05) is 13.3 Å². The average molecular weight is 242 g/mol. The number of thiocarbonyl (C=S) groups is 1. The molecule has 3 nitrogen and oxygen atoms in total. The molecule has 1 aromatic rings. The third kappa shape index (κ3) is 4.02. The predicted octanol–water partition coefficient (Wildman–Crippen LogP) is 2.62. The van der Waals surface area contributed by atoms with Gasteiger partial charge in [-0.25, -0.2) is 4.39 Å². The third-order valence-corrected chi connectivity index (χ3v) is 2.27. The van der Waals surface area contributed by atoms with Crippen LogP contribution < -0.4 is 10.6 Å². The third-order valence-electron chi connectivity index (χ3n) is 2.02. The molecule has 0 amide bonds. The van der Waals surface area contributed by atoms with Crippen LogP contribution in [-0.4, -0.2) is 16.8 Å². The number of hydrogen-bond acceptors (Lipinski definition) is 2. The van der Waals surface area contributed by atoms with Gasteiger partial charge in [0.1, 0.15) is 0 Å². The largest absolute Gasteiger partial charge is 0.505 e. The summed E-state index contributed by atoms with van der Waals surface area (Å²) in [4.78, 5) is 0. The summed E-state index contributed by atoms with van der Waals surface area (Å²) < 4.78 is 13.0. The Kier molecular flexibility index (Phi) is 4.98. The Hall–Kier alpha value is -1.36. The number of unbranched alkanes of at least 4 members (excludes halogenated alkanes) is 1. The molecule has 0 saturated heterocycles. The van der Waals surface area contributed by atoms with Gasteiger partial charge >= 0.3 is 0 Å². The first-order valence-electron chi connectivity index (χ1n) is 5.17. The van der Waals surface area contributed by atoms with Crippen molar-refractivity contribution >= 4 is 23.0 Å². The molecule has 0 radical (unpaired) electrons. The lowest BCUT2D eigenvalue weighted by Crippen LogP contribution is -2.29. The van der Waals surface area contributed by atoms with Crippen molar-refractivity contribution in [1.29, 1.82) is 0 Å². The lowest BCUT2D eigenvalue weighted by atomic mass is 10.3. The molecular weight excluding hydrogens is 227 g/mol. The van der Waals surface area contributed by atoms with E-state index < -0.39 is 5.82 Å². The number of nitrogens with one attached hydrogen (secondary N) is 2. The fraction of sp³-hybridized carbons (Fsp3) is 0.364. The van der Waals surface area contributed by atoms with Crippen LogP contribution in [0.25, 0.3) is 0 Å². The molecule has 0 aliphatic heterocycles. The summed E-state index contributed by atoms with van der Waals surface area (Å²) in [5, 5.41) is 15.3. The highest BCUT2D eigenvalue weighted by Gasteiger charge is 2.02. The minimum Gasteiger partial charge on any atom is -0.505 e. The highest BCUT2D eigenvalue weighted by molar-refractivity contribution is 7.80. The van der Waals surface area contributed by atoms with Gasteiger partial charge in [0.2, 0.25) is 0 Å². The number of anilines is 1. The summed E-state index contributed by atoms with van der Waals surface area (Å²) in [7, 11) is 0. The van der Waals surface area contributed by atoms with Gasteiger partial charge in [-0.05, 0) is 30.8 Å². The molecule has 1 rings (SSSR count). The minimum absolute atomic E-state index is 0.365. The summed E-state index contributed by atoms with van der Waals surface area (Å²) in [6.45, 7) is 2.89. The van der Waals surface area contributed by atoms with Crippen molar-refractivity contribution in [2.45, 2.75) is 19.8 Å². The van der Waals surface area contributed by atoms with Crippen LogP contribution in [0.15, 0.2) is 18.2 Å². The predicted molar refractivity (Wildman–Crippen MR) is 67.2 cm³/mol. The summed E-state index contributed by atoms with van der Waals surface area (Å²) in [6, 6.07) is 4.04. The molecule has 5 heteroatoms. The maximum atomic E-state index is 13.0. The van der Waals surface area contributed by atoms with E-state index in [-0.39, 0.29) is 5.75 Å². The lowest BCUT2D eigenvalue weighted by Gasteiger charge is -2.10. The monoisotopic (exact) mass is 242 g/mol. The van der Waals surface area contributed by atoms with Crippen molar-refractivity contribution in [3.05, 3.63) is 24.0 Å². The number of benzene rings is 1. The van der Waals surface area contributed by atoms with Crippen LogP contribution in [0.4, 0.5) is 10.1 Å². The van der Waals surface area contributed by atoms with E-state index in [1.807, 2.05) is 0 Å². The number of aromatic hydroxyl groups is 1. The van der Waals surface area contributed by atoms with Crippen LogP contribution in [0.1, 0.15) is 19.8 Å². The van der Waals surface area contributed by atoms with Crippen molar-refractivity contribution in [3.63, 3.8) is 0 Å². The molecule has 3 N–H and O–H groups in total. The second-order valence-corrected chi connectivity index (χ2v) is 3.81. The molecule has 0 unspecified atom stereocenters. The van der Waals surface area contributed by atoms with Gasteiger partial charge in [0.05, 0.1) is 0 Å². The molecule has 0 bridgehead atoms. The van der Waals surface area contributed by atoms with E-state index in [1.54, 1.807) is 6.07 Å². The fourth-order valence-electron chi connectivity index (χ4n) is 1.14. The van der Waals surface area contributed by atoms with Crippen molar-refractivity contribution in [3.8, 4) is 5.75 Å². The number of halogens is 1. The second-order valence-electron chi connectivity index (χ2n) is 3.40. The van der Waals surface area contributed by atoms with Crippen LogP contribution in [0.5, 0.6) is 5.75 Å². The molecule has 16 heavy (non-hydrogen) atoms. The molecule has 88 valence electrons. The van der Waals surface area contributed by atoms with Crippen LogP contribution in [-0.2, 0) is 0 Å². The van der Waals surface area contributed by atoms with Crippen molar-refractivity contribution in [2.75, 3.05) is 11.9 Å². The second kappa shape index (κ2) is 6.27. The van der Waals surface area contributed by atoms with Gasteiger partial charge in [0, 0.05) is 18.3 Å². The molecule has 0 fully saturated rings. The number of phenols is 1. The van der Waals surface area contributed by atoms with Gasteiger partial charge in [-0.3, -0.25) is 0 Å². The molecule has 0 aromatic heterocycles. The van der Waals surface area contributed by atoms with E-state index in [9.17, 15) is 4.39 Å². The van der Waals surface area contributed by atoms with E-state index in [0.717, 1.165) is 19.4 Å². The first kappa shape index (κ1) is 12.7. The zero-order chi connectivity index (χ0) is 12.0. The highest BCUT2D eigenvalue weighted by atomic mass is 32.1. The quantitative estimate of drug-likeness (QED) is 0.431. The maximum Gasteiger partial charge on any atom is 0.170 e. The van der Waals surface area contributed by atoms with Gasteiger partial charge in [0.25, 0.3) is 0 Å². The molecule has 0 saturated carbocycles. The summed E-state index contributed by atoms with van der Waals surface area (Å²) >= 11 is 5.02. The first-order chi connectivity index (χ1) is 7.63. The Labute approximate surface area is 99.7 Å². The minimum atomic E-state index is -0.665. The average Bonchev–Trinajstić information content (AvgIpc) is 2.24. The van der Waals surface area contributed by atoms with Crippen molar-refractivity contribution in [1.82, 2.24) is 5.32 Å². The molecule has 0 heterocycles. The fourth-order valence-corrected chi connectivity index (χ4v) is 1.36. The Morgan fingerprint density at radius 3 is 2.88 bits per heavy atom. The summed E-state index contributed by atoms with van der Waals surface area (Å²) in [5.41, 5.74) is 0.518. The Bertz CT molecular complexity index is 371. The van der Waals surface area contributed by atoms with E-state index >= 15 is 0 Å². The number of hydrogen-bond donors (Lipinski definition) is 3. The van der Waals surface area contributed by atoms with Gasteiger partial charge in [-0.15, -0.1) is 0 Å². The van der Waals surface area contributed by atoms with Gasteiger partial charge in [-0.2, -0.15) is 0 Å². The smallest absolute Gasteiger partial charge is 0.170 e. The number of phenolic OH excluding ortho intramolecular Hbond substituents is 1. The van der Waals surface area contributed by atoms with E-state index in [2.05, 4.69) is 17.6 Å². The van der Waals surface area contributed by atoms with E-state index in [0.29, 0.717) is 10.8 Å². The SMILES string of the molecule is CCCCNC(=S)Nc1ccc(O)c(F)c1. The Balaban J connectivity index is 2.46. The molecule has 0 aliphatic rings. The maximum absolute atomic E-state index is 13.0. The zero-order valence-corrected chi connectivity index (χ0v) is 9.90.